The second kappa shape index (κ2) is 4.72. The smallest absolute Gasteiger partial charge is 0.267 e. The first-order valence-electron chi connectivity index (χ1n) is 4.91. The Hall–Kier alpha value is -0.940. The summed E-state index contributed by atoms with van der Waals surface area (Å²) in [6, 6.07) is 3.66. The molecule has 0 aliphatic carbocycles. The zero-order valence-corrected chi connectivity index (χ0v) is 9.87. The molecule has 0 aromatic carbocycles. The maximum Gasteiger partial charge on any atom is 0.267 e. The van der Waals surface area contributed by atoms with Crippen molar-refractivity contribution in [2.45, 2.75) is 12.8 Å². The van der Waals surface area contributed by atoms with E-state index >= 15 is 0 Å². The van der Waals surface area contributed by atoms with Gasteiger partial charge in [0.1, 0.15) is 0 Å². The van der Waals surface area contributed by atoms with Gasteiger partial charge in [0.05, 0.1) is 4.88 Å². The summed E-state index contributed by atoms with van der Waals surface area (Å²) >= 11 is 6.59. The second-order valence-electron chi connectivity index (χ2n) is 3.43. The number of likely N-dealkylation sites (tertiary alicyclic amines) is 1. The van der Waals surface area contributed by atoms with Crippen molar-refractivity contribution in [3.63, 3.8) is 0 Å². The van der Waals surface area contributed by atoms with Gasteiger partial charge in [-0.05, 0) is 36.5 Å². The highest BCUT2D eigenvalue weighted by molar-refractivity contribution is 7.80. The van der Waals surface area contributed by atoms with Crippen LogP contribution in [0.5, 0.6) is 0 Å². The highest BCUT2D eigenvalue weighted by atomic mass is 32.1. The molecule has 2 heterocycles. The lowest BCUT2D eigenvalue weighted by atomic mass is 10.4. The van der Waals surface area contributed by atoms with E-state index in [1.807, 2.05) is 16.3 Å². The van der Waals surface area contributed by atoms with Crippen molar-refractivity contribution in [3.05, 3.63) is 22.4 Å². The van der Waals surface area contributed by atoms with Crippen molar-refractivity contribution >= 4 is 34.6 Å². The molecule has 80 valence electrons. The van der Waals surface area contributed by atoms with Gasteiger partial charge in [-0.15, -0.1) is 11.3 Å². The Balaban J connectivity index is 1.91. The number of amides is 1. The van der Waals surface area contributed by atoms with Crippen LogP contribution in [0.1, 0.15) is 22.5 Å². The van der Waals surface area contributed by atoms with Gasteiger partial charge in [0.15, 0.2) is 5.11 Å². The molecule has 1 amide bonds. The molecule has 1 aromatic rings. The Bertz CT molecular complexity index is 356. The van der Waals surface area contributed by atoms with Crippen LogP contribution in [0, 0.1) is 0 Å². The Kier molecular flexibility index (Phi) is 3.33. The number of nitrogens with one attached hydrogen (secondary N) is 1. The maximum atomic E-state index is 11.7. The highest BCUT2D eigenvalue weighted by Gasteiger charge is 2.17. The Morgan fingerprint density at radius 1 is 1.47 bits per heavy atom. The molecule has 0 spiro atoms. The summed E-state index contributed by atoms with van der Waals surface area (Å²) in [5.41, 5.74) is 0. The molecule has 0 saturated carbocycles. The lowest BCUT2D eigenvalue weighted by Crippen LogP contribution is -2.40. The van der Waals surface area contributed by atoms with Gasteiger partial charge in [0.25, 0.3) is 5.91 Å². The minimum Gasteiger partial charge on any atom is -0.349 e. The fourth-order valence-electron chi connectivity index (χ4n) is 1.57. The van der Waals surface area contributed by atoms with Gasteiger partial charge in [-0.3, -0.25) is 10.1 Å². The number of nitrogens with zero attached hydrogens (tertiary/aromatic N) is 1. The SMILES string of the molecule is O=C(NC(=S)N1CCCC1)c1cccs1. The Labute approximate surface area is 98.1 Å². The van der Waals surface area contributed by atoms with Crippen LogP contribution in [0.3, 0.4) is 0 Å². The number of carbonyl (C=O) groups excluding carboxylic acids is 1. The van der Waals surface area contributed by atoms with Gasteiger partial charge < -0.3 is 4.90 Å². The quantitative estimate of drug-likeness (QED) is 0.760. The van der Waals surface area contributed by atoms with E-state index in [1.54, 1.807) is 6.07 Å². The van der Waals surface area contributed by atoms with Crippen LogP contribution in [-0.4, -0.2) is 29.0 Å². The third kappa shape index (κ3) is 2.54. The fraction of sp³-hybridized carbons (Fsp3) is 0.400. The fourth-order valence-corrected chi connectivity index (χ4v) is 2.46. The largest absolute Gasteiger partial charge is 0.349 e. The van der Waals surface area contributed by atoms with Crippen LogP contribution in [0.4, 0.5) is 0 Å². The predicted octanol–water partition coefficient (Wildman–Crippen LogP) is 1.86. The molecule has 3 nitrogen and oxygen atoms in total. The molecular weight excluding hydrogens is 228 g/mol. The van der Waals surface area contributed by atoms with Crippen molar-refractivity contribution in [1.29, 1.82) is 0 Å². The van der Waals surface area contributed by atoms with E-state index in [1.165, 1.54) is 11.3 Å². The zero-order valence-electron chi connectivity index (χ0n) is 8.23. The lowest BCUT2D eigenvalue weighted by Gasteiger charge is -2.18. The average molecular weight is 240 g/mol. The number of thiocarbonyl (C=S) groups is 1. The summed E-state index contributed by atoms with van der Waals surface area (Å²) in [6.45, 7) is 1.92. The molecule has 0 atom stereocenters. The van der Waals surface area contributed by atoms with Crippen molar-refractivity contribution in [2.75, 3.05) is 13.1 Å². The van der Waals surface area contributed by atoms with Crippen molar-refractivity contribution < 1.29 is 4.79 Å². The number of rotatable bonds is 1. The monoisotopic (exact) mass is 240 g/mol. The lowest BCUT2D eigenvalue weighted by molar-refractivity contribution is 0.0978. The maximum absolute atomic E-state index is 11.7. The molecule has 0 unspecified atom stereocenters. The second-order valence-corrected chi connectivity index (χ2v) is 4.77. The summed E-state index contributed by atoms with van der Waals surface area (Å²) in [7, 11) is 0. The van der Waals surface area contributed by atoms with Crippen LogP contribution in [-0.2, 0) is 0 Å². The molecule has 0 bridgehead atoms. The molecule has 1 aromatic heterocycles. The van der Waals surface area contributed by atoms with Gasteiger partial charge in [-0.1, -0.05) is 6.07 Å². The first-order chi connectivity index (χ1) is 7.27. The van der Waals surface area contributed by atoms with E-state index in [2.05, 4.69) is 5.32 Å². The third-order valence-corrected chi connectivity index (χ3v) is 3.59. The Morgan fingerprint density at radius 2 is 2.20 bits per heavy atom. The summed E-state index contributed by atoms with van der Waals surface area (Å²) in [4.78, 5) is 14.4. The van der Waals surface area contributed by atoms with Crippen LogP contribution >= 0.6 is 23.6 Å². The molecular formula is C10H12N2OS2. The average Bonchev–Trinajstić information content (AvgIpc) is 2.91. The standard InChI is InChI=1S/C10H12N2OS2/c13-9(8-4-3-7-15-8)11-10(14)12-5-1-2-6-12/h3-4,7H,1-2,5-6H2,(H,11,13,14). The summed E-state index contributed by atoms with van der Waals surface area (Å²) < 4.78 is 0. The summed E-state index contributed by atoms with van der Waals surface area (Å²) in [5, 5.41) is 5.20. The highest BCUT2D eigenvalue weighted by Crippen LogP contribution is 2.10. The van der Waals surface area contributed by atoms with Gasteiger partial charge in [-0.2, -0.15) is 0 Å². The first-order valence-corrected chi connectivity index (χ1v) is 6.20. The Morgan fingerprint density at radius 3 is 2.80 bits per heavy atom. The minimum absolute atomic E-state index is 0.0955. The van der Waals surface area contributed by atoms with E-state index in [0.29, 0.717) is 9.99 Å². The molecule has 5 heteroatoms. The third-order valence-electron chi connectivity index (χ3n) is 2.36. The number of hydrogen-bond donors (Lipinski definition) is 1. The number of carbonyl (C=O) groups is 1. The number of thiophene rings is 1. The van der Waals surface area contributed by atoms with Gasteiger partial charge in [-0.25, -0.2) is 0 Å². The normalized spacial score (nSPS) is 15.3. The first kappa shape index (κ1) is 10.6. The molecule has 0 radical (unpaired) electrons. The summed E-state index contributed by atoms with van der Waals surface area (Å²) in [5.74, 6) is -0.0955. The number of hydrogen-bond acceptors (Lipinski definition) is 3. The molecule has 1 aliphatic rings. The molecule has 1 N–H and O–H groups in total. The summed E-state index contributed by atoms with van der Waals surface area (Å²) in [6.07, 6.45) is 2.32. The van der Waals surface area contributed by atoms with Gasteiger partial charge in [0.2, 0.25) is 0 Å². The predicted molar refractivity (Wildman–Crippen MR) is 65.2 cm³/mol. The molecule has 1 aliphatic heterocycles. The topological polar surface area (TPSA) is 32.3 Å². The van der Waals surface area contributed by atoms with Crippen molar-refractivity contribution in [1.82, 2.24) is 10.2 Å². The van der Waals surface area contributed by atoms with E-state index < -0.39 is 0 Å². The van der Waals surface area contributed by atoms with E-state index in [-0.39, 0.29) is 5.91 Å². The van der Waals surface area contributed by atoms with Gasteiger partial charge in [0, 0.05) is 13.1 Å². The molecule has 1 fully saturated rings. The van der Waals surface area contributed by atoms with Crippen molar-refractivity contribution in [3.8, 4) is 0 Å². The van der Waals surface area contributed by atoms with E-state index in [4.69, 9.17) is 12.2 Å². The van der Waals surface area contributed by atoms with Gasteiger partial charge >= 0.3 is 0 Å². The van der Waals surface area contributed by atoms with Crippen LogP contribution in [0.2, 0.25) is 0 Å². The molecule has 2 rings (SSSR count). The minimum atomic E-state index is -0.0955. The van der Waals surface area contributed by atoms with Crippen LogP contribution in [0.15, 0.2) is 17.5 Å². The van der Waals surface area contributed by atoms with Crippen molar-refractivity contribution in [2.24, 2.45) is 0 Å². The zero-order chi connectivity index (χ0) is 10.7. The molecule has 1 saturated heterocycles. The van der Waals surface area contributed by atoms with Crippen LogP contribution < -0.4 is 5.32 Å². The molecule has 15 heavy (non-hydrogen) atoms. The van der Waals surface area contributed by atoms with E-state index in [0.717, 1.165) is 25.9 Å². The van der Waals surface area contributed by atoms with Crippen LogP contribution in [0.25, 0.3) is 0 Å². The van der Waals surface area contributed by atoms with E-state index in [9.17, 15) is 4.79 Å².